The van der Waals surface area contributed by atoms with E-state index < -0.39 is 5.97 Å². The van der Waals surface area contributed by atoms with Crippen LogP contribution in [-0.2, 0) is 14.3 Å². The molecule has 0 aromatic rings. The minimum Gasteiger partial charge on any atom is -0.468 e. The van der Waals surface area contributed by atoms with Gasteiger partial charge >= 0.3 is 5.97 Å². The van der Waals surface area contributed by atoms with Crippen LogP contribution in [0.15, 0.2) is 0 Å². The van der Waals surface area contributed by atoms with Crippen LogP contribution in [-0.4, -0.2) is 49.6 Å². The van der Waals surface area contributed by atoms with Crippen LogP contribution in [0.25, 0.3) is 0 Å². The third kappa shape index (κ3) is 5.19. The van der Waals surface area contributed by atoms with Gasteiger partial charge in [-0.2, -0.15) is 0 Å². The summed E-state index contributed by atoms with van der Waals surface area (Å²) >= 11 is 0. The van der Waals surface area contributed by atoms with Gasteiger partial charge < -0.3 is 10.1 Å². The Bertz CT molecular complexity index is 320. The second-order valence-corrected chi connectivity index (χ2v) is 5.70. The lowest BCUT2D eigenvalue weighted by atomic mass is 9.97. The number of likely N-dealkylation sites (tertiary alicyclic amines) is 1. The van der Waals surface area contributed by atoms with E-state index in [9.17, 15) is 9.59 Å². The van der Waals surface area contributed by atoms with Crippen LogP contribution >= 0.6 is 0 Å². The van der Waals surface area contributed by atoms with Gasteiger partial charge in [0.05, 0.1) is 13.2 Å². The zero-order valence-electron chi connectivity index (χ0n) is 12.4. The number of rotatable bonds is 4. The first kappa shape index (κ1) is 16.0. The molecule has 3 atom stereocenters. The molecule has 0 aliphatic carbocycles. The van der Waals surface area contributed by atoms with E-state index in [1.54, 1.807) is 0 Å². The van der Waals surface area contributed by atoms with Crippen molar-refractivity contribution in [1.82, 2.24) is 10.2 Å². The van der Waals surface area contributed by atoms with E-state index in [2.05, 4.69) is 28.8 Å². The zero-order valence-corrected chi connectivity index (χ0v) is 12.4. The Hall–Kier alpha value is -1.10. The Balaban J connectivity index is 2.48. The number of carbonyl (C=O) groups excluding carboxylic acids is 2. The third-order valence-corrected chi connectivity index (χ3v) is 3.82. The SMILES string of the molecule is COC(=O)CNC(=O)C(C)N1CCC(C)CC(C)C1. The van der Waals surface area contributed by atoms with Gasteiger partial charge in [-0.15, -0.1) is 0 Å². The Morgan fingerprint density at radius 1 is 1.37 bits per heavy atom. The molecule has 1 amide bonds. The lowest BCUT2D eigenvalue weighted by Crippen LogP contribution is -2.47. The summed E-state index contributed by atoms with van der Waals surface area (Å²) in [4.78, 5) is 25.2. The summed E-state index contributed by atoms with van der Waals surface area (Å²) in [5, 5.41) is 2.62. The first-order valence-corrected chi connectivity index (χ1v) is 7.02. The van der Waals surface area contributed by atoms with E-state index in [4.69, 9.17) is 0 Å². The average Bonchev–Trinajstić information content (AvgIpc) is 2.55. The number of amides is 1. The molecule has 0 aromatic carbocycles. The van der Waals surface area contributed by atoms with Crippen LogP contribution in [0.3, 0.4) is 0 Å². The monoisotopic (exact) mass is 270 g/mol. The van der Waals surface area contributed by atoms with Crippen molar-refractivity contribution in [3.05, 3.63) is 0 Å². The highest BCUT2D eigenvalue weighted by Crippen LogP contribution is 2.22. The van der Waals surface area contributed by atoms with Crippen molar-refractivity contribution in [2.24, 2.45) is 11.8 Å². The number of esters is 1. The molecule has 5 heteroatoms. The molecule has 0 radical (unpaired) electrons. The second-order valence-electron chi connectivity index (χ2n) is 5.70. The Kier molecular flexibility index (Phi) is 6.28. The predicted octanol–water partition coefficient (Wildman–Crippen LogP) is 1.03. The van der Waals surface area contributed by atoms with Crippen LogP contribution in [0.1, 0.15) is 33.6 Å². The summed E-state index contributed by atoms with van der Waals surface area (Å²) in [6, 6.07) is -0.197. The minimum atomic E-state index is -0.418. The lowest BCUT2D eigenvalue weighted by Gasteiger charge is -2.28. The van der Waals surface area contributed by atoms with E-state index >= 15 is 0 Å². The second kappa shape index (κ2) is 7.48. The molecule has 1 rings (SSSR count). The fraction of sp³-hybridized carbons (Fsp3) is 0.857. The summed E-state index contributed by atoms with van der Waals surface area (Å²) in [5.74, 6) is 0.796. The molecule has 0 spiro atoms. The van der Waals surface area contributed by atoms with Crippen LogP contribution in [0.4, 0.5) is 0 Å². The quantitative estimate of drug-likeness (QED) is 0.775. The molecule has 1 aliphatic rings. The van der Waals surface area contributed by atoms with Gasteiger partial charge in [0, 0.05) is 6.54 Å². The summed E-state index contributed by atoms with van der Waals surface area (Å²) in [5.41, 5.74) is 0. The molecule has 1 N–H and O–H groups in total. The van der Waals surface area contributed by atoms with Crippen molar-refractivity contribution < 1.29 is 14.3 Å². The number of carbonyl (C=O) groups is 2. The predicted molar refractivity (Wildman–Crippen MR) is 73.6 cm³/mol. The fourth-order valence-corrected chi connectivity index (χ4v) is 2.65. The van der Waals surface area contributed by atoms with Gasteiger partial charge in [0.1, 0.15) is 6.54 Å². The van der Waals surface area contributed by atoms with Crippen molar-refractivity contribution in [1.29, 1.82) is 0 Å². The normalized spacial score (nSPS) is 26.3. The largest absolute Gasteiger partial charge is 0.468 e. The number of nitrogens with one attached hydrogen (secondary N) is 1. The molecule has 5 nitrogen and oxygen atoms in total. The van der Waals surface area contributed by atoms with Crippen molar-refractivity contribution in [3.63, 3.8) is 0 Å². The van der Waals surface area contributed by atoms with Gasteiger partial charge in [0.15, 0.2) is 0 Å². The first-order chi connectivity index (χ1) is 8.93. The van der Waals surface area contributed by atoms with Gasteiger partial charge in [-0.05, 0) is 38.1 Å². The van der Waals surface area contributed by atoms with Gasteiger partial charge in [0.25, 0.3) is 0 Å². The van der Waals surface area contributed by atoms with Gasteiger partial charge in [0.2, 0.25) is 5.91 Å². The molecule has 3 unspecified atom stereocenters. The third-order valence-electron chi connectivity index (χ3n) is 3.82. The van der Waals surface area contributed by atoms with Crippen LogP contribution in [0.5, 0.6) is 0 Å². The summed E-state index contributed by atoms with van der Waals surface area (Å²) in [6.45, 7) is 8.22. The number of methoxy groups -OCH3 is 1. The summed E-state index contributed by atoms with van der Waals surface area (Å²) < 4.78 is 4.51. The van der Waals surface area contributed by atoms with E-state index in [1.807, 2.05) is 6.92 Å². The molecule has 1 fully saturated rings. The maximum atomic E-state index is 12.0. The Morgan fingerprint density at radius 3 is 2.68 bits per heavy atom. The molecule has 110 valence electrons. The lowest BCUT2D eigenvalue weighted by molar-refractivity contribution is -0.141. The fourth-order valence-electron chi connectivity index (χ4n) is 2.65. The van der Waals surface area contributed by atoms with E-state index in [-0.39, 0.29) is 18.5 Å². The molecule has 19 heavy (non-hydrogen) atoms. The zero-order chi connectivity index (χ0) is 14.4. The van der Waals surface area contributed by atoms with E-state index in [1.165, 1.54) is 13.5 Å². The van der Waals surface area contributed by atoms with Crippen molar-refractivity contribution >= 4 is 11.9 Å². The average molecular weight is 270 g/mol. The molecule has 0 saturated carbocycles. The number of nitrogens with zero attached hydrogens (tertiary/aromatic N) is 1. The highest BCUT2D eigenvalue weighted by molar-refractivity contribution is 5.85. The summed E-state index contributed by atoms with van der Waals surface area (Å²) in [7, 11) is 1.32. The maximum absolute atomic E-state index is 12.0. The number of hydrogen-bond donors (Lipinski definition) is 1. The van der Waals surface area contributed by atoms with Crippen molar-refractivity contribution in [2.75, 3.05) is 26.7 Å². The number of hydrogen-bond acceptors (Lipinski definition) is 4. The van der Waals surface area contributed by atoms with Crippen molar-refractivity contribution in [2.45, 2.75) is 39.7 Å². The smallest absolute Gasteiger partial charge is 0.325 e. The molecule has 1 aliphatic heterocycles. The molecular formula is C14H26N2O3. The Morgan fingerprint density at radius 2 is 2.05 bits per heavy atom. The standard InChI is InChI=1S/C14H26N2O3/c1-10-5-6-16(9-11(2)7-10)12(3)14(18)15-8-13(17)19-4/h10-12H,5-9H2,1-4H3,(H,15,18). The van der Waals surface area contributed by atoms with Crippen LogP contribution in [0, 0.1) is 11.8 Å². The van der Waals surface area contributed by atoms with Crippen LogP contribution in [0.2, 0.25) is 0 Å². The maximum Gasteiger partial charge on any atom is 0.325 e. The van der Waals surface area contributed by atoms with Crippen molar-refractivity contribution in [3.8, 4) is 0 Å². The molecule has 0 aromatic heterocycles. The molecule has 0 bridgehead atoms. The molecule has 1 saturated heterocycles. The minimum absolute atomic E-state index is 0.0561. The molecular weight excluding hydrogens is 244 g/mol. The Labute approximate surface area is 115 Å². The highest BCUT2D eigenvalue weighted by Gasteiger charge is 2.26. The van der Waals surface area contributed by atoms with E-state index in [0.717, 1.165) is 19.5 Å². The molecule has 1 heterocycles. The van der Waals surface area contributed by atoms with Gasteiger partial charge in [-0.3, -0.25) is 14.5 Å². The van der Waals surface area contributed by atoms with E-state index in [0.29, 0.717) is 11.8 Å². The first-order valence-electron chi connectivity index (χ1n) is 7.02. The van der Waals surface area contributed by atoms with Gasteiger partial charge in [-0.1, -0.05) is 13.8 Å². The highest BCUT2D eigenvalue weighted by atomic mass is 16.5. The topological polar surface area (TPSA) is 58.6 Å². The van der Waals surface area contributed by atoms with Crippen LogP contribution < -0.4 is 5.32 Å². The summed E-state index contributed by atoms with van der Waals surface area (Å²) in [6.07, 6.45) is 2.34. The number of ether oxygens (including phenoxy) is 1. The van der Waals surface area contributed by atoms with Gasteiger partial charge in [-0.25, -0.2) is 0 Å².